The first kappa shape index (κ1) is 15.4. The van der Waals surface area contributed by atoms with Gasteiger partial charge in [0.05, 0.1) is 18.0 Å². The molecule has 120 valence electrons. The Balaban J connectivity index is 1.75. The number of hydrogen-bond donors (Lipinski definition) is 0. The third-order valence-electron chi connectivity index (χ3n) is 5.43. The summed E-state index contributed by atoms with van der Waals surface area (Å²) in [4.78, 5) is 23.0. The van der Waals surface area contributed by atoms with Crippen LogP contribution in [0.25, 0.3) is 0 Å². The van der Waals surface area contributed by atoms with Gasteiger partial charge in [0, 0.05) is 31.3 Å². The van der Waals surface area contributed by atoms with Gasteiger partial charge in [0.2, 0.25) is 0 Å². The highest BCUT2D eigenvalue weighted by Crippen LogP contribution is 2.56. The molecule has 0 saturated heterocycles. The second kappa shape index (κ2) is 5.95. The zero-order valence-corrected chi connectivity index (χ0v) is 13.7. The molecule has 0 aliphatic heterocycles. The lowest BCUT2D eigenvalue weighted by Gasteiger charge is -2.56. The Morgan fingerprint density at radius 3 is 2.68 bits per heavy atom. The van der Waals surface area contributed by atoms with Crippen LogP contribution in [0.1, 0.15) is 55.2 Å². The van der Waals surface area contributed by atoms with Crippen LogP contribution in [0.3, 0.4) is 0 Å². The first-order chi connectivity index (χ1) is 10.6. The molecule has 3 rings (SSSR count). The van der Waals surface area contributed by atoms with Gasteiger partial charge in [-0.3, -0.25) is 9.78 Å². The van der Waals surface area contributed by atoms with E-state index >= 15 is 0 Å². The van der Waals surface area contributed by atoms with Crippen molar-refractivity contribution in [2.24, 2.45) is 5.41 Å². The van der Waals surface area contributed by atoms with Gasteiger partial charge in [-0.1, -0.05) is 12.8 Å². The number of carbonyl (C=O) groups excluding carboxylic acids is 1. The molecule has 2 saturated carbocycles. The van der Waals surface area contributed by atoms with Crippen molar-refractivity contribution >= 4 is 5.91 Å². The van der Waals surface area contributed by atoms with E-state index in [1.807, 2.05) is 25.8 Å². The molecule has 1 amide bonds. The average molecular weight is 303 g/mol. The zero-order chi connectivity index (χ0) is 15.7. The van der Waals surface area contributed by atoms with Crippen LogP contribution in [-0.4, -0.2) is 46.6 Å². The zero-order valence-electron chi connectivity index (χ0n) is 13.7. The number of hydrogen-bond acceptors (Lipinski definition) is 4. The Morgan fingerprint density at radius 2 is 2.09 bits per heavy atom. The molecule has 1 aromatic heterocycles. The molecule has 5 heteroatoms. The SMILES string of the molecule is CCOC1CC(N(C)C(=O)c2cnc(C)cn2)C12CCCC2. The molecule has 1 heterocycles. The Kier molecular flexibility index (Phi) is 4.17. The highest BCUT2D eigenvalue weighted by molar-refractivity contribution is 5.92. The third-order valence-corrected chi connectivity index (χ3v) is 5.43. The van der Waals surface area contributed by atoms with E-state index in [0.29, 0.717) is 11.8 Å². The average Bonchev–Trinajstić information content (AvgIpc) is 3.03. The van der Waals surface area contributed by atoms with Crippen molar-refractivity contribution in [3.63, 3.8) is 0 Å². The lowest BCUT2D eigenvalue weighted by Crippen LogP contribution is -2.64. The fourth-order valence-electron chi connectivity index (χ4n) is 4.22. The second-order valence-corrected chi connectivity index (χ2v) is 6.59. The van der Waals surface area contributed by atoms with Crippen LogP contribution in [0.5, 0.6) is 0 Å². The molecule has 0 bridgehead atoms. The fraction of sp³-hybridized carbons (Fsp3) is 0.706. The molecule has 0 radical (unpaired) electrons. The van der Waals surface area contributed by atoms with Gasteiger partial charge in [0.15, 0.2) is 0 Å². The molecule has 22 heavy (non-hydrogen) atoms. The summed E-state index contributed by atoms with van der Waals surface area (Å²) in [6.07, 6.45) is 9.29. The van der Waals surface area contributed by atoms with Crippen LogP contribution in [0.15, 0.2) is 12.4 Å². The lowest BCUT2D eigenvalue weighted by atomic mass is 9.60. The van der Waals surface area contributed by atoms with Crippen LogP contribution in [0.2, 0.25) is 0 Å². The normalized spacial score (nSPS) is 26.0. The minimum Gasteiger partial charge on any atom is -0.378 e. The van der Waals surface area contributed by atoms with Crippen LogP contribution in [-0.2, 0) is 4.74 Å². The number of ether oxygens (including phenoxy) is 1. The molecular weight excluding hydrogens is 278 g/mol. The maximum atomic E-state index is 12.7. The Bertz CT molecular complexity index is 537. The summed E-state index contributed by atoms with van der Waals surface area (Å²) in [5.41, 5.74) is 1.42. The van der Waals surface area contributed by atoms with Crippen molar-refractivity contribution in [3.8, 4) is 0 Å². The van der Waals surface area contributed by atoms with E-state index in [1.165, 1.54) is 25.7 Å². The van der Waals surface area contributed by atoms with Gasteiger partial charge in [-0.15, -0.1) is 0 Å². The van der Waals surface area contributed by atoms with Crippen LogP contribution >= 0.6 is 0 Å². The van der Waals surface area contributed by atoms with E-state index in [4.69, 9.17) is 4.74 Å². The maximum Gasteiger partial charge on any atom is 0.274 e. The highest BCUT2D eigenvalue weighted by atomic mass is 16.5. The monoisotopic (exact) mass is 303 g/mol. The maximum absolute atomic E-state index is 12.7. The van der Waals surface area contributed by atoms with Crippen LogP contribution < -0.4 is 0 Å². The van der Waals surface area contributed by atoms with Crippen molar-refractivity contribution in [2.45, 2.75) is 58.1 Å². The smallest absolute Gasteiger partial charge is 0.274 e. The number of rotatable bonds is 4. The summed E-state index contributed by atoms with van der Waals surface area (Å²) in [6, 6.07) is 0.266. The molecule has 2 fully saturated rings. The summed E-state index contributed by atoms with van der Waals surface area (Å²) in [7, 11) is 1.90. The standard InChI is InChI=1S/C17H25N3O2/c1-4-22-15-9-14(17(15)7-5-6-8-17)20(3)16(21)13-11-18-12(2)10-19-13/h10-11,14-15H,4-9H2,1-3H3. The third kappa shape index (κ3) is 2.41. The predicted octanol–water partition coefficient (Wildman–Crippen LogP) is 2.59. The molecule has 1 aromatic rings. The molecule has 0 aromatic carbocycles. The Hall–Kier alpha value is -1.49. The number of nitrogens with zero attached hydrogens (tertiary/aromatic N) is 3. The van der Waals surface area contributed by atoms with Crippen molar-refractivity contribution in [1.82, 2.24) is 14.9 Å². The van der Waals surface area contributed by atoms with Gasteiger partial charge in [-0.25, -0.2) is 4.98 Å². The van der Waals surface area contributed by atoms with Gasteiger partial charge in [0.25, 0.3) is 5.91 Å². The molecule has 5 nitrogen and oxygen atoms in total. The highest BCUT2D eigenvalue weighted by Gasteiger charge is 2.58. The molecule has 2 aliphatic carbocycles. The van der Waals surface area contributed by atoms with Gasteiger partial charge >= 0.3 is 0 Å². The lowest BCUT2D eigenvalue weighted by molar-refractivity contribution is -0.152. The summed E-state index contributed by atoms with van der Waals surface area (Å²) in [5.74, 6) is -0.0290. The quantitative estimate of drug-likeness (QED) is 0.858. The van der Waals surface area contributed by atoms with E-state index < -0.39 is 0 Å². The molecule has 2 aliphatic rings. The van der Waals surface area contributed by atoms with Gasteiger partial charge in [0.1, 0.15) is 5.69 Å². The fourth-order valence-corrected chi connectivity index (χ4v) is 4.22. The van der Waals surface area contributed by atoms with E-state index in [2.05, 4.69) is 9.97 Å². The van der Waals surface area contributed by atoms with Gasteiger partial charge < -0.3 is 9.64 Å². The predicted molar refractivity (Wildman–Crippen MR) is 83.6 cm³/mol. The van der Waals surface area contributed by atoms with Gasteiger partial charge in [-0.05, 0) is 33.1 Å². The summed E-state index contributed by atoms with van der Waals surface area (Å²) in [5, 5.41) is 0. The van der Waals surface area contributed by atoms with Crippen LogP contribution in [0.4, 0.5) is 0 Å². The number of aromatic nitrogens is 2. The number of amides is 1. The minimum absolute atomic E-state index is 0.0290. The summed E-state index contributed by atoms with van der Waals surface area (Å²) in [6.45, 7) is 4.67. The topological polar surface area (TPSA) is 55.3 Å². The van der Waals surface area contributed by atoms with E-state index in [-0.39, 0.29) is 17.4 Å². The first-order valence-electron chi connectivity index (χ1n) is 8.26. The van der Waals surface area contributed by atoms with E-state index in [0.717, 1.165) is 18.7 Å². The molecular formula is C17H25N3O2. The van der Waals surface area contributed by atoms with Gasteiger partial charge in [-0.2, -0.15) is 0 Å². The van der Waals surface area contributed by atoms with Crippen molar-refractivity contribution < 1.29 is 9.53 Å². The molecule has 0 N–H and O–H groups in total. The molecule has 1 spiro atoms. The van der Waals surface area contributed by atoms with Crippen LogP contribution in [0, 0.1) is 12.3 Å². The number of carbonyl (C=O) groups is 1. The van der Waals surface area contributed by atoms with E-state index in [1.54, 1.807) is 12.4 Å². The molecule has 2 atom stereocenters. The van der Waals surface area contributed by atoms with Crippen molar-refractivity contribution in [1.29, 1.82) is 0 Å². The van der Waals surface area contributed by atoms with E-state index in [9.17, 15) is 4.79 Å². The summed E-state index contributed by atoms with van der Waals surface area (Å²) < 4.78 is 5.93. The Morgan fingerprint density at radius 1 is 1.36 bits per heavy atom. The van der Waals surface area contributed by atoms with Crippen molar-refractivity contribution in [3.05, 3.63) is 23.8 Å². The second-order valence-electron chi connectivity index (χ2n) is 6.59. The summed E-state index contributed by atoms with van der Waals surface area (Å²) >= 11 is 0. The largest absolute Gasteiger partial charge is 0.378 e. The minimum atomic E-state index is -0.0290. The Labute approximate surface area is 132 Å². The van der Waals surface area contributed by atoms with Crippen molar-refractivity contribution in [2.75, 3.05) is 13.7 Å². The first-order valence-corrected chi connectivity index (χ1v) is 8.26. The molecule has 2 unspecified atom stereocenters. The number of aryl methyl sites for hydroxylation is 1.